The van der Waals surface area contributed by atoms with E-state index in [2.05, 4.69) is 32.2 Å². The first-order valence-corrected chi connectivity index (χ1v) is 7.63. The quantitative estimate of drug-likeness (QED) is 0.910. The van der Waals surface area contributed by atoms with E-state index < -0.39 is 0 Å². The SMILES string of the molecule is CC(C)CC(C)N(C)C(=O)c1cccc2c1NCCC2. The molecule has 3 nitrogen and oxygen atoms in total. The zero-order chi connectivity index (χ0) is 14.7. The Hall–Kier alpha value is -1.51. The topological polar surface area (TPSA) is 32.3 Å². The molecular weight excluding hydrogens is 248 g/mol. The van der Waals surface area contributed by atoms with Gasteiger partial charge < -0.3 is 10.2 Å². The third kappa shape index (κ3) is 3.14. The van der Waals surface area contributed by atoms with Gasteiger partial charge in [0.05, 0.1) is 11.3 Å². The minimum absolute atomic E-state index is 0.129. The number of hydrogen-bond acceptors (Lipinski definition) is 2. The number of carbonyl (C=O) groups is 1. The molecule has 1 unspecified atom stereocenters. The highest BCUT2D eigenvalue weighted by atomic mass is 16.2. The lowest BCUT2D eigenvalue weighted by atomic mass is 9.98. The average molecular weight is 274 g/mol. The van der Waals surface area contributed by atoms with Crippen LogP contribution in [0.25, 0.3) is 0 Å². The molecule has 0 fully saturated rings. The zero-order valence-corrected chi connectivity index (χ0v) is 13.1. The van der Waals surface area contributed by atoms with Crippen molar-refractivity contribution in [2.24, 2.45) is 5.92 Å². The summed E-state index contributed by atoms with van der Waals surface area (Å²) in [6.07, 6.45) is 3.24. The molecule has 1 aliphatic heterocycles. The Kier molecular flexibility index (Phi) is 4.69. The number of anilines is 1. The number of hydrogen-bond donors (Lipinski definition) is 1. The van der Waals surface area contributed by atoms with Crippen molar-refractivity contribution in [3.63, 3.8) is 0 Å². The van der Waals surface area contributed by atoms with Crippen LogP contribution < -0.4 is 5.32 Å². The molecule has 1 aliphatic rings. The van der Waals surface area contributed by atoms with Crippen LogP contribution in [0, 0.1) is 5.92 Å². The number of nitrogens with one attached hydrogen (secondary N) is 1. The smallest absolute Gasteiger partial charge is 0.255 e. The molecule has 1 amide bonds. The molecule has 2 rings (SSSR count). The van der Waals surface area contributed by atoms with Crippen LogP contribution in [-0.2, 0) is 6.42 Å². The molecule has 1 aromatic carbocycles. The monoisotopic (exact) mass is 274 g/mol. The Morgan fingerprint density at radius 2 is 2.10 bits per heavy atom. The van der Waals surface area contributed by atoms with Gasteiger partial charge in [-0.2, -0.15) is 0 Å². The number of carbonyl (C=O) groups excluding carboxylic acids is 1. The standard InChI is InChI=1S/C17H26N2O/c1-12(2)11-13(3)19(4)17(20)15-9-5-7-14-8-6-10-18-16(14)15/h5,7,9,12-13,18H,6,8,10-11H2,1-4H3. The average Bonchev–Trinajstić information content (AvgIpc) is 2.44. The predicted molar refractivity (Wildman–Crippen MR) is 84.3 cm³/mol. The van der Waals surface area contributed by atoms with Crippen molar-refractivity contribution in [2.75, 3.05) is 18.9 Å². The maximum atomic E-state index is 12.7. The Labute approximate surface area is 122 Å². The lowest BCUT2D eigenvalue weighted by Gasteiger charge is -2.28. The Morgan fingerprint density at radius 3 is 2.80 bits per heavy atom. The largest absolute Gasteiger partial charge is 0.384 e. The van der Waals surface area contributed by atoms with Gasteiger partial charge in [0, 0.05) is 19.6 Å². The maximum absolute atomic E-state index is 12.7. The van der Waals surface area contributed by atoms with Crippen LogP contribution in [-0.4, -0.2) is 30.4 Å². The summed E-state index contributed by atoms with van der Waals surface area (Å²) >= 11 is 0. The Bertz CT molecular complexity index is 482. The molecule has 1 heterocycles. The molecule has 0 saturated heterocycles. The second-order valence-corrected chi connectivity index (χ2v) is 6.26. The van der Waals surface area contributed by atoms with E-state index in [1.165, 1.54) is 5.56 Å². The van der Waals surface area contributed by atoms with Gasteiger partial charge in [0.15, 0.2) is 0 Å². The number of benzene rings is 1. The van der Waals surface area contributed by atoms with E-state index in [1.807, 2.05) is 24.1 Å². The minimum atomic E-state index is 0.129. The third-order valence-electron chi connectivity index (χ3n) is 4.10. The highest BCUT2D eigenvalue weighted by molar-refractivity contribution is 6.00. The molecule has 3 heteroatoms. The molecule has 1 atom stereocenters. The number of aryl methyl sites for hydroxylation is 1. The fraction of sp³-hybridized carbons (Fsp3) is 0.588. The van der Waals surface area contributed by atoms with Crippen LogP contribution >= 0.6 is 0 Å². The van der Waals surface area contributed by atoms with Gasteiger partial charge in [0.2, 0.25) is 0 Å². The van der Waals surface area contributed by atoms with Gasteiger partial charge in [0.25, 0.3) is 5.91 Å². The summed E-state index contributed by atoms with van der Waals surface area (Å²) in [6.45, 7) is 7.48. The molecule has 0 aromatic heterocycles. The fourth-order valence-corrected chi connectivity index (χ4v) is 2.92. The summed E-state index contributed by atoms with van der Waals surface area (Å²) in [5.41, 5.74) is 3.14. The van der Waals surface area contributed by atoms with Gasteiger partial charge in [-0.05, 0) is 43.7 Å². The summed E-state index contributed by atoms with van der Waals surface area (Å²) in [5.74, 6) is 0.729. The van der Waals surface area contributed by atoms with Crippen molar-refractivity contribution in [2.45, 2.75) is 46.1 Å². The number of nitrogens with zero attached hydrogens (tertiary/aromatic N) is 1. The molecule has 20 heavy (non-hydrogen) atoms. The zero-order valence-electron chi connectivity index (χ0n) is 13.1. The normalized spacial score (nSPS) is 15.4. The molecular formula is C17H26N2O. The van der Waals surface area contributed by atoms with Crippen LogP contribution in [0.5, 0.6) is 0 Å². The van der Waals surface area contributed by atoms with E-state index in [-0.39, 0.29) is 11.9 Å². The number of fused-ring (bicyclic) bond motifs is 1. The highest BCUT2D eigenvalue weighted by Gasteiger charge is 2.23. The molecule has 0 aliphatic carbocycles. The van der Waals surface area contributed by atoms with E-state index in [9.17, 15) is 4.79 Å². The van der Waals surface area contributed by atoms with Gasteiger partial charge >= 0.3 is 0 Å². The first-order chi connectivity index (χ1) is 9.50. The van der Waals surface area contributed by atoms with Crippen molar-refractivity contribution in [1.82, 2.24) is 4.90 Å². The van der Waals surface area contributed by atoms with Gasteiger partial charge in [-0.25, -0.2) is 0 Å². The summed E-state index contributed by atoms with van der Waals surface area (Å²) in [6, 6.07) is 6.33. The fourth-order valence-electron chi connectivity index (χ4n) is 2.92. The molecule has 0 saturated carbocycles. The Morgan fingerprint density at radius 1 is 1.35 bits per heavy atom. The molecule has 0 radical (unpaired) electrons. The summed E-state index contributed by atoms with van der Waals surface area (Å²) in [7, 11) is 1.91. The molecule has 1 aromatic rings. The van der Waals surface area contributed by atoms with Crippen molar-refractivity contribution in [3.8, 4) is 0 Å². The van der Waals surface area contributed by atoms with Gasteiger partial charge in [-0.15, -0.1) is 0 Å². The second kappa shape index (κ2) is 6.29. The molecule has 1 N–H and O–H groups in total. The van der Waals surface area contributed by atoms with Crippen molar-refractivity contribution in [1.29, 1.82) is 0 Å². The van der Waals surface area contributed by atoms with E-state index in [4.69, 9.17) is 0 Å². The first kappa shape index (κ1) is 14.9. The number of rotatable bonds is 4. The van der Waals surface area contributed by atoms with E-state index in [0.29, 0.717) is 5.92 Å². The summed E-state index contributed by atoms with van der Waals surface area (Å²) in [5, 5.41) is 3.40. The van der Waals surface area contributed by atoms with E-state index in [0.717, 1.165) is 37.1 Å². The van der Waals surface area contributed by atoms with Gasteiger partial charge in [-0.1, -0.05) is 26.0 Å². The van der Waals surface area contributed by atoms with Crippen LogP contribution in [0.2, 0.25) is 0 Å². The Balaban J connectivity index is 2.21. The summed E-state index contributed by atoms with van der Waals surface area (Å²) < 4.78 is 0. The molecule has 0 spiro atoms. The highest BCUT2D eigenvalue weighted by Crippen LogP contribution is 2.27. The second-order valence-electron chi connectivity index (χ2n) is 6.26. The lowest BCUT2D eigenvalue weighted by molar-refractivity contribution is 0.0729. The van der Waals surface area contributed by atoms with Crippen molar-refractivity contribution in [3.05, 3.63) is 29.3 Å². The molecule has 0 bridgehead atoms. The predicted octanol–water partition coefficient (Wildman–Crippen LogP) is 3.55. The van der Waals surface area contributed by atoms with Gasteiger partial charge in [0.1, 0.15) is 0 Å². The number of para-hydroxylation sites is 1. The summed E-state index contributed by atoms with van der Waals surface area (Å²) in [4.78, 5) is 14.6. The third-order valence-corrected chi connectivity index (χ3v) is 4.10. The van der Waals surface area contributed by atoms with Gasteiger partial charge in [-0.3, -0.25) is 4.79 Å². The van der Waals surface area contributed by atoms with E-state index in [1.54, 1.807) is 0 Å². The number of amides is 1. The van der Waals surface area contributed by atoms with Crippen molar-refractivity contribution < 1.29 is 4.79 Å². The maximum Gasteiger partial charge on any atom is 0.255 e. The van der Waals surface area contributed by atoms with E-state index >= 15 is 0 Å². The van der Waals surface area contributed by atoms with Crippen LogP contribution in [0.1, 0.15) is 49.5 Å². The van der Waals surface area contributed by atoms with Crippen LogP contribution in [0.3, 0.4) is 0 Å². The first-order valence-electron chi connectivity index (χ1n) is 7.63. The van der Waals surface area contributed by atoms with Crippen LogP contribution in [0.4, 0.5) is 5.69 Å². The molecule has 110 valence electrons. The minimum Gasteiger partial charge on any atom is -0.384 e. The van der Waals surface area contributed by atoms with Crippen molar-refractivity contribution >= 4 is 11.6 Å². The lowest BCUT2D eigenvalue weighted by Crippen LogP contribution is -2.36. The van der Waals surface area contributed by atoms with Crippen LogP contribution in [0.15, 0.2) is 18.2 Å².